The number of nitrogens with one attached hydrogen (secondary N) is 1. The zero-order valence-electron chi connectivity index (χ0n) is 22.4. The normalized spacial score (nSPS) is 20.8. The van der Waals surface area contributed by atoms with Crippen LogP contribution >= 0.6 is 24.8 Å². The van der Waals surface area contributed by atoms with Gasteiger partial charge in [-0.1, -0.05) is 24.3 Å². The van der Waals surface area contributed by atoms with Gasteiger partial charge >= 0.3 is 12.1 Å². The summed E-state index contributed by atoms with van der Waals surface area (Å²) in [4.78, 5) is 24.0. The molecule has 4 rings (SSSR count). The van der Waals surface area contributed by atoms with Crippen molar-refractivity contribution in [1.29, 1.82) is 5.26 Å². The fraction of sp³-hybridized carbons (Fsp3) is 0.552. The van der Waals surface area contributed by atoms with Gasteiger partial charge in [-0.3, -0.25) is 9.69 Å². The number of aliphatic carboxylic acids is 1. The van der Waals surface area contributed by atoms with Crippen molar-refractivity contribution in [3.8, 4) is 6.07 Å². The van der Waals surface area contributed by atoms with Crippen molar-refractivity contribution in [3.05, 3.63) is 53.1 Å². The van der Waals surface area contributed by atoms with Crippen LogP contribution in [0.3, 0.4) is 0 Å². The molecule has 2 aliphatic carbocycles. The molecule has 1 aromatic carbocycles. The lowest BCUT2D eigenvalue weighted by atomic mass is 9.84. The van der Waals surface area contributed by atoms with E-state index in [4.69, 9.17) is 10.4 Å². The Morgan fingerprint density at radius 2 is 1.73 bits per heavy atom. The monoisotopic (exact) mass is 603 g/mol. The summed E-state index contributed by atoms with van der Waals surface area (Å²) in [6.07, 6.45) is 8.39. The second-order valence-corrected chi connectivity index (χ2v) is 10.2. The number of carboxylic acids is 1. The van der Waals surface area contributed by atoms with Crippen LogP contribution in [0.25, 0.3) is 5.57 Å². The molecule has 0 saturated heterocycles. The second kappa shape index (κ2) is 17.3. The fourth-order valence-corrected chi connectivity index (χ4v) is 5.23. The molecule has 0 atom stereocenters. The molecule has 0 radical (unpaired) electrons. The lowest BCUT2D eigenvalue weighted by Crippen LogP contribution is -2.38. The molecule has 3 aliphatic rings. The largest absolute Gasteiger partial charge is 0.478 e. The third kappa shape index (κ3) is 11.5. The van der Waals surface area contributed by atoms with Crippen LogP contribution in [0.1, 0.15) is 75.3 Å². The van der Waals surface area contributed by atoms with Crippen molar-refractivity contribution in [2.45, 2.75) is 76.4 Å². The summed E-state index contributed by atoms with van der Waals surface area (Å²) >= 11 is 0. The molecule has 1 aliphatic heterocycles. The van der Waals surface area contributed by atoms with E-state index >= 15 is 0 Å². The third-order valence-electron chi connectivity index (χ3n) is 7.50. The number of allylic oxidation sites excluding steroid dienone is 1. The van der Waals surface area contributed by atoms with Crippen LogP contribution in [0.2, 0.25) is 0 Å². The van der Waals surface area contributed by atoms with Gasteiger partial charge in [-0.15, -0.1) is 24.8 Å². The van der Waals surface area contributed by atoms with Crippen LogP contribution in [0.15, 0.2) is 42.0 Å². The van der Waals surface area contributed by atoms with Crippen molar-refractivity contribution < 1.29 is 27.9 Å². The number of halogens is 5. The number of hydrogen-bond acceptors (Lipinski definition) is 4. The van der Waals surface area contributed by atoms with Gasteiger partial charge in [0.2, 0.25) is 5.91 Å². The molecular weight excluding hydrogens is 566 g/mol. The number of benzene rings is 1. The van der Waals surface area contributed by atoms with Crippen molar-refractivity contribution >= 4 is 42.3 Å². The van der Waals surface area contributed by atoms with Gasteiger partial charge < -0.3 is 10.4 Å². The van der Waals surface area contributed by atoms with Crippen LogP contribution in [-0.4, -0.2) is 47.6 Å². The number of amides is 1. The molecule has 1 aromatic rings. The number of carbonyl (C=O) groups is 2. The highest BCUT2D eigenvalue weighted by Crippen LogP contribution is 2.32. The average molecular weight is 605 g/mol. The van der Waals surface area contributed by atoms with E-state index in [0.717, 1.165) is 101 Å². The lowest BCUT2D eigenvalue weighted by Gasteiger charge is -2.32. The van der Waals surface area contributed by atoms with Crippen molar-refractivity contribution in [2.24, 2.45) is 5.92 Å². The van der Waals surface area contributed by atoms with E-state index in [-0.39, 0.29) is 43.2 Å². The molecule has 1 saturated carbocycles. The SMILES string of the molecule is Cl.Cl.N#CCC(=O)NC1CCC(CCN2CC=C(c3ccc(C(F)(F)F)cc3)CC2)CC1.O=C(O)C1=CCCC1. The number of carboxylic acid groups (broad SMARTS) is 1. The molecule has 6 nitrogen and oxygen atoms in total. The molecule has 0 spiro atoms. The highest BCUT2D eigenvalue weighted by Gasteiger charge is 2.30. The lowest BCUT2D eigenvalue weighted by molar-refractivity contribution is -0.137. The molecule has 11 heteroatoms. The van der Waals surface area contributed by atoms with Gasteiger partial charge in [0.1, 0.15) is 6.42 Å². The smallest absolute Gasteiger partial charge is 0.416 e. The van der Waals surface area contributed by atoms with Gasteiger partial charge in [-0.2, -0.15) is 18.4 Å². The van der Waals surface area contributed by atoms with Crippen LogP contribution in [-0.2, 0) is 15.8 Å². The predicted molar refractivity (Wildman–Crippen MR) is 153 cm³/mol. The second-order valence-electron chi connectivity index (χ2n) is 10.2. The Morgan fingerprint density at radius 3 is 2.20 bits per heavy atom. The molecule has 0 unspecified atom stereocenters. The Hall–Kier alpha value is -2.54. The van der Waals surface area contributed by atoms with Gasteiger partial charge in [0.05, 0.1) is 11.6 Å². The minimum absolute atomic E-state index is 0. The Kier molecular flexibility index (Phi) is 15.4. The Labute approximate surface area is 246 Å². The first-order chi connectivity index (χ1) is 18.2. The quantitative estimate of drug-likeness (QED) is 0.357. The van der Waals surface area contributed by atoms with Gasteiger partial charge in [0, 0.05) is 24.7 Å². The van der Waals surface area contributed by atoms with E-state index in [1.165, 1.54) is 0 Å². The number of carbonyl (C=O) groups excluding carboxylic acids is 1. The summed E-state index contributed by atoms with van der Waals surface area (Å²) in [6, 6.07) is 7.52. The first-order valence-corrected chi connectivity index (χ1v) is 13.3. The van der Waals surface area contributed by atoms with Crippen molar-refractivity contribution in [1.82, 2.24) is 10.2 Å². The molecule has 0 aromatic heterocycles. The summed E-state index contributed by atoms with van der Waals surface area (Å²) in [5.74, 6) is -0.262. The van der Waals surface area contributed by atoms with Crippen molar-refractivity contribution in [3.63, 3.8) is 0 Å². The van der Waals surface area contributed by atoms with Crippen LogP contribution in [0.5, 0.6) is 0 Å². The van der Waals surface area contributed by atoms with Gasteiger partial charge in [0.15, 0.2) is 0 Å². The van der Waals surface area contributed by atoms with E-state index in [1.54, 1.807) is 18.2 Å². The fourth-order valence-electron chi connectivity index (χ4n) is 5.23. The molecule has 1 fully saturated rings. The molecule has 0 bridgehead atoms. The van der Waals surface area contributed by atoms with E-state index < -0.39 is 17.7 Å². The summed E-state index contributed by atoms with van der Waals surface area (Å²) < 4.78 is 38.1. The number of nitriles is 1. The third-order valence-corrected chi connectivity index (χ3v) is 7.50. The number of rotatable bonds is 7. The maximum absolute atomic E-state index is 12.7. The van der Waals surface area contributed by atoms with Gasteiger partial charge in [0.25, 0.3) is 0 Å². The molecular formula is C29H38Cl2F3N3O3. The van der Waals surface area contributed by atoms with Gasteiger partial charge in [-0.05, 0) is 93.5 Å². The Bertz CT molecular complexity index is 1060. The molecule has 1 amide bonds. The highest BCUT2D eigenvalue weighted by atomic mass is 35.5. The first-order valence-electron chi connectivity index (χ1n) is 13.3. The summed E-state index contributed by atoms with van der Waals surface area (Å²) in [6.45, 7) is 2.77. The van der Waals surface area contributed by atoms with E-state index in [0.29, 0.717) is 11.5 Å². The van der Waals surface area contributed by atoms with Crippen molar-refractivity contribution in [2.75, 3.05) is 19.6 Å². The average Bonchev–Trinajstić information content (AvgIpc) is 3.45. The van der Waals surface area contributed by atoms with Crippen LogP contribution < -0.4 is 5.32 Å². The number of alkyl halides is 3. The number of nitrogens with zero attached hydrogens (tertiary/aromatic N) is 2. The van der Waals surface area contributed by atoms with E-state index in [2.05, 4.69) is 16.3 Å². The van der Waals surface area contributed by atoms with E-state index in [9.17, 15) is 22.8 Å². The number of hydrogen-bond donors (Lipinski definition) is 2. The minimum Gasteiger partial charge on any atom is -0.478 e. The summed E-state index contributed by atoms with van der Waals surface area (Å²) in [5, 5.41) is 19.8. The van der Waals surface area contributed by atoms with Crippen LogP contribution in [0, 0.1) is 17.2 Å². The standard InChI is InChI=1S/C23H28F3N3O.C6H8O2.2ClH/c24-23(25,26)20-5-3-18(4-6-20)19-11-15-29(16-12-19)14-10-17-1-7-21(8-2-17)28-22(30)9-13-27;7-6(8)5-3-1-2-4-5;;/h3-6,11,17,21H,1-2,7-10,12,14-16H2,(H,28,30);3H,1-2,4H2,(H,7,8);2*1H. The van der Waals surface area contributed by atoms with E-state index in [1.807, 2.05) is 6.07 Å². The van der Waals surface area contributed by atoms with Crippen LogP contribution in [0.4, 0.5) is 13.2 Å². The molecule has 40 heavy (non-hydrogen) atoms. The zero-order valence-corrected chi connectivity index (χ0v) is 24.1. The topological polar surface area (TPSA) is 93.4 Å². The maximum atomic E-state index is 12.7. The molecule has 2 N–H and O–H groups in total. The zero-order chi connectivity index (χ0) is 27.5. The summed E-state index contributed by atoms with van der Waals surface area (Å²) in [5.41, 5.74) is 1.97. The highest BCUT2D eigenvalue weighted by molar-refractivity contribution is 5.87. The first kappa shape index (κ1) is 35.5. The summed E-state index contributed by atoms with van der Waals surface area (Å²) in [7, 11) is 0. The Balaban J connectivity index is 0.000000690. The van der Waals surface area contributed by atoms with Gasteiger partial charge in [-0.25, -0.2) is 4.79 Å². The molecule has 1 heterocycles. The minimum atomic E-state index is -4.29. The maximum Gasteiger partial charge on any atom is 0.416 e. The predicted octanol–water partition coefficient (Wildman–Crippen LogP) is 6.80. The molecule has 222 valence electrons. The Morgan fingerprint density at radius 1 is 1.05 bits per heavy atom.